The summed E-state index contributed by atoms with van der Waals surface area (Å²) in [6.07, 6.45) is 5.01. The van der Waals surface area contributed by atoms with E-state index in [4.69, 9.17) is 5.73 Å². The highest BCUT2D eigenvalue weighted by Crippen LogP contribution is 2.18. The smallest absolute Gasteiger partial charge is 0.250 e. The van der Waals surface area contributed by atoms with Crippen LogP contribution in [-0.4, -0.2) is 36.6 Å². The first-order valence-corrected chi connectivity index (χ1v) is 6.95. The van der Waals surface area contributed by atoms with Gasteiger partial charge in [-0.1, -0.05) is 6.92 Å². The van der Waals surface area contributed by atoms with Gasteiger partial charge in [-0.2, -0.15) is 0 Å². The molecule has 1 aromatic rings. The van der Waals surface area contributed by atoms with Gasteiger partial charge in [0.25, 0.3) is 0 Å². The third kappa shape index (κ3) is 3.67. The Labute approximate surface area is 114 Å². The number of hydrogen-bond acceptors (Lipinski definition) is 4. The Morgan fingerprint density at radius 2 is 2.21 bits per heavy atom. The first-order valence-electron chi connectivity index (χ1n) is 6.95. The first-order chi connectivity index (χ1) is 9.20. The molecule has 1 aliphatic heterocycles. The Hall–Kier alpha value is -1.62. The van der Waals surface area contributed by atoms with Crippen LogP contribution in [0.2, 0.25) is 0 Å². The molecule has 0 saturated carbocycles. The van der Waals surface area contributed by atoms with Gasteiger partial charge in [-0.05, 0) is 37.9 Å². The lowest BCUT2D eigenvalue weighted by atomic mass is 10.0. The van der Waals surface area contributed by atoms with Crippen molar-refractivity contribution >= 4 is 11.7 Å². The number of hydrogen-bond donors (Lipinski definition) is 2. The molecule has 1 amide bonds. The number of nitrogens with one attached hydrogen (secondary N) is 1. The van der Waals surface area contributed by atoms with Crippen LogP contribution in [-0.2, 0) is 0 Å². The summed E-state index contributed by atoms with van der Waals surface area (Å²) in [4.78, 5) is 17.6. The molecule has 1 fully saturated rings. The number of pyridine rings is 1. The summed E-state index contributed by atoms with van der Waals surface area (Å²) in [7, 11) is 0. The van der Waals surface area contributed by atoms with Crippen LogP contribution < -0.4 is 16.0 Å². The molecule has 0 unspecified atom stereocenters. The van der Waals surface area contributed by atoms with Crippen LogP contribution in [0.1, 0.15) is 36.5 Å². The summed E-state index contributed by atoms with van der Waals surface area (Å²) < 4.78 is 0. The summed E-state index contributed by atoms with van der Waals surface area (Å²) >= 11 is 0. The van der Waals surface area contributed by atoms with Gasteiger partial charge in [0, 0.05) is 25.3 Å². The van der Waals surface area contributed by atoms with Gasteiger partial charge in [0.05, 0.1) is 5.56 Å². The zero-order valence-electron chi connectivity index (χ0n) is 11.4. The molecule has 1 saturated heterocycles. The topological polar surface area (TPSA) is 71.2 Å². The number of anilines is 1. The number of nitrogens with zero attached hydrogens (tertiary/aromatic N) is 2. The van der Waals surface area contributed by atoms with E-state index in [1.165, 1.54) is 6.42 Å². The molecule has 19 heavy (non-hydrogen) atoms. The zero-order chi connectivity index (χ0) is 13.7. The summed E-state index contributed by atoms with van der Waals surface area (Å²) in [5.74, 6) is 0.500. The van der Waals surface area contributed by atoms with Crippen LogP contribution >= 0.6 is 0 Å². The van der Waals surface area contributed by atoms with E-state index >= 15 is 0 Å². The molecule has 0 spiro atoms. The standard InChI is InChI=1S/C14H22N4O/c1-2-7-16-12-5-8-18(9-6-12)13-4-3-11(10-17-13)14(15)19/h3-4,10,12,16H,2,5-9H2,1H3,(H2,15,19). The maximum absolute atomic E-state index is 11.0. The van der Waals surface area contributed by atoms with Crippen molar-refractivity contribution in [1.82, 2.24) is 10.3 Å². The van der Waals surface area contributed by atoms with Gasteiger partial charge in [0.2, 0.25) is 5.91 Å². The monoisotopic (exact) mass is 262 g/mol. The van der Waals surface area contributed by atoms with Gasteiger partial charge >= 0.3 is 0 Å². The van der Waals surface area contributed by atoms with E-state index < -0.39 is 5.91 Å². The molecule has 2 rings (SSSR count). The Balaban J connectivity index is 1.88. The van der Waals surface area contributed by atoms with Crippen molar-refractivity contribution in [1.29, 1.82) is 0 Å². The first kappa shape index (κ1) is 13.8. The molecule has 0 aliphatic carbocycles. The second kappa shape index (κ2) is 6.52. The molecule has 0 atom stereocenters. The van der Waals surface area contributed by atoms with Crippen LogP contribution in [0.25, 0.3) is 0 Å². The van der Waals surface area contributed by atoms with E-state index in [0.29, 0.717) is 11.6 Å². The van der Waals surface area contributed by atoms with Crippen molar-refractivity contribution in [2.24, 2.45) is 5.73 Å². The van der Waals surface area contributed by atoms with Crippen molar-refractivity contribution in [2.75, 3.05) is 24.5 Å². The second-order valence-electron chi connectivity index (χ2n) is 4.98. The summed E-state index contributed by atoms with van der Waals surface area (Å²) in [6.45, 7) is 5.29. The molecule has 1 aliphatic rings. The average molecular weight is 262 g/mol. The van der Waals surface area contributed by atoms with E-state index in [1.807, 2.05) is 6.07 Å². The van der Waals surface area contributed by atoms with Crippen LogP contribution in [0.4, 0.5) is 5.82 Å². The number of piperidine rings is 1. The molecule has 0 aromatic carbocycles. The van der Waals surface area contributed by atoms with Crippen LogP contribution in [0.5, 0.6) is 0 Å². The average Bonchev–Trinajstić information content (AvgIpc) is 2.46. The van der Waals surface area contributed by atoms with Gasteiger partial charge in [-0.25, -0.2) is 4.98 Å². The molecule has 3 N–H and O–H groups in total. The van der Waals surface area contributed by atoms with Gasteiger partial charge in [-0.3, -0.25) is 4.79 Å². The number of nitrogens with two attached hydrogens (primary N) is 1. The van der Waals surface area contributed by atoms with Crippen LogP contribution in [0.15, 0.2) is 18.3 Å². The number of amides is 1. The highest BCUT2D eigenvalue weighted by Gasteiger charge is 2.19. The maximum Gasteiger partial charge on any atom is 0.250 e. The number of rotatable bonds is 5. The number of primary amides is 1. The Morgan fingerprint density at radius 1 is 1.47 bits per heavy atom. The lowest BCUT2D eigenvalue weighted by Gasteiger charge is -2.33. The third-order valence-electron chi connectivity index (χ3n) is 3.53. The molecule has 104 valence electrons. The lowest BCUT2D eigenvalue weighted by Crippen LogP contribution is -2.43. The van der Waals surface area contributed by atoms with Crippen molar-refractivity contribution in [3.05, 3.63) is 23.9 Å². The fourth-order valence-corrected chi connectivity index (χ4v) is 2.38. The van der Waals surface area contributed by atoms with E-state index in [1.54, 1.807) is 12.3 Å². The quantitative estimate of drug-likeness (QED) is 0.835. The van der Waals surface area contributed by atoms with E-state index in [0.717, 1.165) is 38.3 Å². The lowest BCUT2D eigenvalue weighted by molar-refractivity contribution is 0.1000. The molecule has 0 radical (unpaired) electrons. The minimum Gasteiger partial charge on any atom is -0.366 e. The molecular weight excluding hydrogens is 240 g/mol. The molecular formula is C14H22N4O. The number of carbonyl (C=O) groups excluding carboxylic acids is 1. The summed E-state index contributed by atoms with van der Waals surface area (Å²) in [5, 5.41) is 3.56. The van der Waals surface area contributed by atoms with Crippen molar-refractivity contribution in [3.8, 4) is 0 Å². The molecule has 0 bridgehead atoms. The van der Waals surface area contributed by atoms with E-state index in [2.05, 4.69) is 22.1 Å². The SMILES string of the molecule is CCCNC1CCN(c2ccc(C(N)=O)cn2)CC1. The molecule has 2 heterocycles. The summed E-state index contributed by atoms with van der Waals surface area (Å²) in [5.41, 5.74) is 5.67. The molecule has 1 aromatic heterocycles. The minimum absolute atomic E-state index is 0.429. The Morgan fingerprint density at radius 3 is 2.74 bits per heavy atom. The minimum atomic E-state index is -0.429. The fraction of sp³-hybridized carbons (Fsp3) is 0.571. The molecule has 5 nitrogen and oxygen atoms in total. The Kier molecular flexibility index (Phi) is 4.74. The fourth-order valence-electron chi connectivity index (χ4n) is 2.38. The van der Waals surface area contributed by atoms with Crippen molar-refractivity contribution in [3.63, 3.8) is 0 Å². The predicted octanol–water partition coefficient (Wildman–Crippen LogP) is 1.15. The van der Waals surface area contributed by atoms with Gasteiger partial charge in [-0.15, -0.1) is 0 Å². The van der Waals surface area contributed by atoms with Crippen molar-refractivity contribution < 1.29 is 4.79 Å². The van der Waals surface area contributed by atoms with Crippen LogP contribution in [0, 0.1) is 0 Å². The highest BCUT2D eigenvalue weighted by atomic mass is 16.1. The largest absolute Gasteiger partial charge is 0.366 e. The molecule has 5 heteroatoms. The zero-order valence-corrected chi connectivity index (χ0v) is 11.4. The van der Waals surface area contributed by atoms with Crippen LogP contribution in [0.3, 0.4) is 0 Å². The van der Waals surface area contributed by atoms with E-state index in [9.17, 15) is 4.79 Å². The highest BCUT2D eigenvalue weighted by molar-refractivity contribution is 5.92. The van der Waals surface area contributed by atoms with Gasteiger partial charge in [0.1, 0.15) is 5.82 Å². The third-order valence-corrected chi connectivity index (χ3v) is 3.53. The van der Waals surface area contributed by atoms with Gasteiger partial charge in [0.15, 0.2) is 0 Å². The van der Waals surface area contributed by atoms with Gasteiger partial charge < -0.3 is 16.0 Å². The van der Waals surface area contributed by atoms with E-state index in [-0.39, 0.29) is 0 Å². The predicted molar refractivity (Wildman–Crippen MR) is 76.3 cm³/mol. The normalized spacial score (nSPS) is 16.6. The number of carbonyl (C=O) groups is 1. The Bertz CT molecular complexity index is 410. The van der Waals surface area contributed by atoms with Crippen molar-refractivity contribution in [2.45, 2.75) is 32.2 Å². The second-order valence-corrected chi connectivity index (χ2v) is 4.98. The summed E-state index contributed by atoms with van der Waals surface area (Å²) in [6, 6.07) is 4.24. The maximum atomic E-state index is 11.0. The number of aromatic nitrogens is 1.